The van der Waals surface area contributed by atoms with E-state index in [1.54, 1.807) is 0 Å². The Morgan fingerprint density at radius 2 is 1.89 bits per heavy atom. The molecule has 0 radical (unpaired) electrons. The van der Waals surface area contributed by atoms with Crippen LogP contribution in [0.15, 0.2) is 0 Å². The third kappa shape index (κ3) is 6.49. The molecule has 0 aromatic carbocycles. The Labute approximate surface area is 164 Å². The maximum absolute atomic E-state index is 12.7. The first-order valence-electron chi connectivity index (χ1n) is 10.7. The van der Waals surface area contributed by atoms with Crippen LogP contribution in [0, 0.1) is 17.2 Å². The summed E-state index contributed by atoms with van der Waals surface area (Å²) in [5.41, 5.74) is -0.705. The lowest BCUT2D eigenvalue weighted by Gasteiger charge is -2.37. The van der Waals surface area contributed by atoms with Crippen molar-refractivity contribution in [3.63, 3.8) is 0 Å². The van der Waals surface area contributed by atoms with Gasteiger partial charge < -0.3 is 10.6 Å². The lowest BCUT2D eigenvalue weighted by atomic mass is 9.91. The van der Waals surface area contributed by atoms with E-state index in [0.717, 1.165) is 70.8 Å². The van der Waals surface area contributed by atoms with E-state index >= 15 is 0 Å². The second-order valence-corrected chi connectivity index (χ2v) is 8.35. The highest BCUT2D eigenvalue weighted by Crippen LogP contribution is 2.27. The van der Waals surface area contributed by atoms with Crippen molar-refractivity contribution in [1.29, 1.82) is 5.26 Å². The Bertz CT molecular complexity index is 535. The van der Waals surface area contributed by atoms with Crippen molar-refractivity contribution in [3.8, 4) is 6.07 Å². The molecule has 1 heterocycles. The number of nitrogens with one attached hydrogen (secondary N) is 2. The molecule has 1 saturated heterocycles. The predicted molar refractivity (Wildman–Crippen MR) is 106 cm³/mol. The lowest BCUT2D eigenvalue weighted by molar-refractivity contribution is -0.130. The minimum atomic E-state index is -0.705. The average molecular weight is 377 g/mol. The number of hydrogen-bond acceptors (Lipinski definition) is 4. The number of carbonyl (C=O) groups is 2. The zero-order valence-electron chi connectivity index (χ0n) is 17.1. The first-order valence-corrected chi connectivity index (χ1v) is 10.7. The Kier molecular flexibility index (Phi) is 8.56. The van der Waals surface area contributed by atoms with Gasteiger partial charge in [-0.25, -0.2) is 0 Å². The molecule has 6 nitrogen and oxygen atoms in total. The molecule has 2 unspecified atom stereocenters. The van der Waals surface area contributed by atoms with Crippen LogP contribution < -0.4 is 10.6 Å². The summed E-state index contributed by atoms with van der Waals surface area (Å²) in [6, 6.07) is 2.66. The summed E-state index contributed by atoms with van der Waals surface area (Å²) in [4.78, 5) is 27.2. The van der Waals surface area contributed by atoms with E-state index in [0.29, 0.717) is 6.54 Å². The molecule has 2 amide bonds. The van der Waals surface area contributed by atoms with Gasteiger partial charge in [-0.1, -0.05) is 39.0 Å². The van der Waals surface area contributed by atoms with Crippen LogP contribution in [0.1, 0.15) is 78.1 Å². The summed E-state index contributed by atoms with van der Waals surface area (Å²) < 4.78 is 0. The summed E-state index contributed by atoms with van der Waals surface area (Å²) in [7, 11) is 0. The van der Waals surface area contributed by atoms with Crippen LogP contribution in [0.4, 0.5) is 0 Å². The van der Waals surface area contributed by atoms with Crippen molar-refractivity contribution in [1.82, 2.24) is 15.5 Å². The number of hydrogen-bond donors (Lipinski definition) is 2. The van der Waals surface area contributed by atoms with Crippen molar-refractivity contribution in [2.75, 3.05) is 19.6 Å². The van der Waals surface area contributed by atoms with Gasteiger partial charge in [0.1, 0.15) is 5.54 Å². The molecule has 1 aliphatic heterocycles. The standard InChI is InChI=1S/C21H36N4O2/c1-3-4-13-23-20(27)18-10-9-17(2)25(14-18)15-19(26)24-21(16-22)11-7-5-6-8-12-21/h17-18H,3-15H2,1-2H3,(H,23,27)(H,24,26). The molecule has 0 aromatic heterocycles. The predicted octanol–water partition coefficient (Wildman–Crippen LogP) is 2.74. The van der Waals surface area contributed by atoms with Gasteiger partial charge in [-0.2, -0.15) is 5.26 Å². The van der Waals surface area contributed by atoms with Crippen molar-refractivity contribution in [3.05, 3.63) is 0 Å². The fourth-order valence-electron chi connectivity index (χ4n) is 4.23. The first kappa shape index (κ1) is 21.7. The van der Waals surface area contributed by atoms with Crippen LogP contribution in [0.2, 0.25) is 0 Å². The number of rotatable bonds is 7. The Morgan fingerprint density at radius 1 is 1.19 bits per heavy atom. The van der Waals surface area contributed by atoms with Crippen LogP contribution in [-0.2, 0) is 9.59 Å². The average Bonchev–Trinajstić information content (AvgIpc) is 2.89. The zero-order chi connectivity index (χ0) is 19.7. The van der Waals surface area contributed by atoms with Gasteiger partial charge in [0.2, 0.25) is 11.8 Å². The molecule has 0 bridgehead atoms. The number of nitriles is 1. The molecule has 2 aliphatic rings. The number of unbranched alkanes of at least 4 members (excludes halogenated alkanes) is 1. The van der Waals surface area contributed by atoms with Gasteiger partial charge in [0, 0.05) is 19.1 Å². The summed E-state index contributed by atoms with van der Waals surface area (Å²) in [5, 5.41) is 15.7. The third-order valence-corrected chi connectivity index (χ3v) is 6.11. The van der Waals surface area contributed by atoms with Crippen LogP contribution in [0.3, 0.4) is 0 Å². The van der Waals surface area contributed by atoms with Crippen LogP contribution in [0.5, 0.6) is 0 Å². The molecule has 2 fully saturated rings. The molecule has 27 heavy (non-hydrogen) atoms. The molecule has 2 rings (SSSR count). The summed E-state index contributed by atoms with van der Waals surface area (Å²) >= 11 is 0. The normalized spacial score (nSPS) is 25.8. The molecule has 2 N–H and O–H groups in total. The lowest BCUT2D eigenvalue weighted by Crippen LogP contribution is -2.54. The van der Waals surface area contributed by atoms with Crippen LogP contribution in [0.25, 0.3) is 0 Å². The number of likely N-dealkylation sites (tertiary alicyclic amines) is 1. The Morgan fingerprint density at radius 3 is 2.52 bits per heavy atom. The van der Waals surface area contributed by atoms with E-state index in [2.05, 4.69) is 35.5 Å². The van der Waals surface area contributed by atoms with Crippen LogP contribution in [-0.4, -0.2) is 47.9 Å². The monoisotopic (exact) mass is 376 g/mol. The number of amides is 2. The highest BCUT2D eigenvalue weighted by molar-refractivity contribution is 5.80. The molecule has 0 aromatic rings. The van der Waals surface area contributed by atoms with Crippen LogP contribution >= 0.6 is 0 Å². The second kappa shape index (κ2) is 10.7. The second-order valence-electron chi connectivity index (χ2n) is 8.35. The van der Waals surface area contributed by atoms with Gasteiger partial charge in [0.25, 0.3) is 0 Å². The summed E-state index contributed by atoms with van der Waals surface area (Å²) in [6.45, 7) is 5.84. The highest BCUT2D eigenvalue weighted by atomic mass is 16.2. The Balaban J connectivity index is 1.89. The number of nitrogens with zero attached hydrogens (tertiary/aromatic N) is 2. The molecule has 2 atom stereocenters. The van der Waals surface area contributed by atoms with Crippen molar-refractivity contribution >= 4 is 11.8 Å². The van der Waals surface area contributed by atoms with Gasteiger partial charge in [-0.3, -0.25) is 14.5 Å². The number of piperidine rings is 1. The van der Waals surface area contributed by atoms with E-state index in [1.807, 2.05) is 0 Å². The minimum absolute atomic E-state index is 0.0475. The fourth-order valence-corrected chi connectivity index (χ4v) is 4.23. The van der Waals surface area contributed by atoms with Gasteiger partial charge >= 0.3 is 0 Å². The van der Waals surface area contributed by atoms with E-state index in [1.165, 1.54) is 0 Å². The smallest absolute Gasteiger partial charge is 0.235 e. The first-order chi connectivity index (χ1) is 13.0. The number of carbonyl (C=O) groups excluding carboxylic acids is 2. The fraction of sp³-hybridized carbons (Fsp3) is 0.857. The van der Waals surface area contributed by atoms with E-state index in [4.69, 9.17) is 0 Å². The Hall–Kier alpha value is -1.61. The minimum Gasteiger partial charge on any atom is -0.356 e. The topological polar surface area (TPSA) is 85.2 Å². The molecular formula is C21H36N4O2. The molecule has 0 spiro atoms. The highest BCUT2D eigenvalue weighted by Gasteiger charge is 2.35. The third-order valence-electron chi connectivity index (χ3n) is 6.11. The van der Waals surface area contributed by atoms with Gasteiger partial charge in [0.05, 0.1) is 18.5 Å². The molecule has 1 aliphatic carbocycles. The SMILES string of the molecule is CCCCNC(=O)C1CCC(C)N(CC(=O)NC2(C#N)CCCCCC2)C1. The largest absolute Gasteiger partial charge is 0.356 e. The maximum Gasteiger partial charge on any atom is 0.235 e. The summed E-state index contributed by atoms with van der Waals surface area (Å²) in [6.07, 6.45) is 9.60. The van der Waals surface area contributed by atoms with Crippen molar-refractivity contribution in [2.24, 2.45) is 5.92 Å². The van der Waals surface area contributed by atoms with Gasteiger partial charge in [-0.05, 0) is 39.0 Å². The van der Waals surface area contributed by atoms with Crippen molar-refractivity contribution in [2.45, 2.75) is 89.6 Å². The molecular weight excluding hydrogens is 340 g/mol. The zero-order valence-corrected chi connectivity index (χ0v) is 17.1. The molecule has 1 saturated carbocycles. The van der Waals surface area contributed by atoms with Gasteiger partial charge in [-0.15, -0.1) is 0 Å². The maximum atomic E-state index is 12.7. The van der Waals surface area contributed by atoms with Crippen molar-refractivity contribution < 1.29 is 9.59 Å². The van der Waals surface area contributed by atoms with E-state index in [-0.39, 0.29) is 30.3 Å². The van der Waals surface area contributed by atoms with E-state index < -0.39 is 5.54 Å². The van der Waals surface area contributed by atoms with E-state index in [9.17, 15) is 14.9 Å². The summed E-state index contributed by atoms with van der Waals surface area (Å²) in [5.74, 6) is -0.0240. The van der Waals surface area contributed by atoms with Gasteiger partial charge in [0.15, 0.2) is 0 Å². The molecule has 6 heteroatoms. The molecule has 152 valence electrons. The quantitative estimate of drug-likeness (QED) is 0.528.